The number of halogens is 2. The number of hydrogen-bond acceptors (Lipinski definition) is 3. The van der Waals surface area contributed by atoms with E-state index in [9.17, 15) is 22.0 Å². The van der Waals surface area contributed by atoms with Crippen molar-refractivity contribution in [3.05, 3.63) is 95.6 Å². The van der Waals surface area contributed by atoms with Crippen molar-refractivity contribution < 1.29 is 22.0 Å². The van der Waals surface area contributed by atoms with Crippen molar-refractivity contribution in [1.82, 2.24) is 9.29 Å². The van der Waals surface area contributed by atoms with E-state index in [1.54, 1.807) is 22.9 Å². The van der Waals surface area contributed by atoms with E-state index in [1.165, 1.54) is 0 Å². The summed E-state index contributed by atoms with van der Waals surface area (Å²) in [5.74, 6) is -2.93. The number of nitrogens with one attached hydrogen (secondary N) is 1. The summed E-state index contributed by atoms with van der Waals surface area (Å²) >= 11 is 0. The van der Waals surface area contributed by atoms with Gasteiger partial charge in [-0.05, 0) is 35.9 Å². The van der Waals surface area contributed by atoms with Crippen LogP contribution in [0.2, 0.25) is 0 Å². The van der Waals surface area contributed by atoms with Crippen molar-refractivity contribution in [3.8, 4) is 0 Å². The Kier molecular flexibility index (Phi) is 6.86. The first-order valence-electron chi connectivity index (χ1n) is 9.07. The molecule has 0 bridgehead atoms. The molecule has 0 aliphatic rings. The molecule has 0 aliphatic heterocycles. The Morgan fingerprint density at radius 3 is 2.43 bits per heavy atom. The van der Waals surface area contributed by atoms with Crippen molar-refractivity contribution >= 4 is 15.9 Å². The second-order valence-electron chi connectivity index (χ2n) is 6.40. The summed E-state index contributed by atoms with van der Waals surface area (Å²) in [6, 6.07) is 17.2. The Morgan fingerprint density at radius 1 is 0.967 bits per heavy atom. The van der Waals surface area contributed by atoms with Gasteiger partial charge in [0.05, 0.1) is 4.90 Å². The summed E-state index contributed by atoms with van der Waals surface area (Å²) in [4.78, 5) is 15.8. The SMILES string of the molecule is O=C(CCNS(=O)(=O)c1ccc(F)c(F)c1)N=c1ccccn1Cc1ccccc1. The number of rotatable bonds is 7. The molecule has 1 amide bonds. The molecule has 2 aromatic carbocycles. The third-order valence-electron chi connectivity index (χ3n) is 4.18. The Morgan fingerprint density at radius 2 is 1.70 bits per heavy atom. The van der Waals surface area contributed by atoms with Gasteiger partial charge in [0.15, 0.2) is 11.6 Å². The van der Waals surface area contributed by atoms with Crippen molar-refractivity contribution in [2.45, 2.75) is 17.9 Å². The molecule has 0 fully saturated rings. The first-order valence-corrected chi connectivity index (χ1v) is 10.6. The van der Waals surface area contributed by atoms with Crippen LogP contribution in [0.25, 0.3) is 0 Å². The van der Waals surface area contributed by atoms with E-state index < -0.39 is 32.5 Å². The average molecular weight is 431 g/mol. The van der Waals surface area contributed by atoms with E-state index in [4.69, 9.17) is 0 Å². The minimum absolute atomic E-state index is 0.191. The highest BCUT2D eigenvalue weighted by molar-refractivity contribution is 7.89. The van der Waals surface area contributed by atoms with Crippen molar-refractivity contribution in [2.75, 3.05) is 6.54 Å². The Balaban J connectivity index is 1.66. The van der Waals surface area contributed by atoms with E-state index in [2.05, 4.69) is 9.71 Å². The predicted molar refractivity (Wildman–Crippen MR) is 107 cm³/mol. The van der Waals surface area contributed by atoms with E-state index in [0.717, 1.165) is 17.7 Å². The van der Waals surface area contributed by atoms with E-state index in [-0.39, 0.29) is 13.0 Å². The molecule has 156 valence electrons. The summed E-state index contributed by atoms with van der Waals surface area (Å²) < 4.78 is 54.5. The molecule has 0 saturated carbocycles. The highest BCUT2D eigenvalue weighted by Gasteiger charge is 2.16. The number of sulfonamides is 1. The van der Waals surface area contributed by atoms with Gasteiger partial charge in [-0.1, -0.05) is 36.4 Å². The van der Waals surface area contributed by atoms with Gasteiger partial charge in [-0.3, -0.25) is 4.79 Å². The number of carbonyl (C=O) groups excluding carboxylic acids is 1. The molecule has 30 heavy (non-hydrogen) atoms. The van der Waals surface area contributed by atoms with Gasteiger partial charge in [-0.25, -0.2) is 21.9 Å². The molecular weight excluding hydrogens is 412 g/mol. The minimum Gasteiger partial charge on any atom is -0.329 e. The van der Waals surface area contributed by atoms with Crippen LogP contribution < -0.4 is 10.2 Å². The van der Waals surface area contributed by atoms with Crippen LogP contribution in [-0.4, -0.2) is 25.4 Å². The third kappa shape index (κ3) is 5.68. The molecule has 0 aliphatic carbocycles. The summed E-state index contributed by atoms with van der Waals surface area (Å²) in [7, 11) is -4.07. The van der Waals surface area contributed by atoms with Crippen LogP contribution in [0.5, 0.6) is 0 Å². The Labute approximate surface area is 172 Å². The fraction of sp³-hybridized carbons (Fsp3) is 0.143. The molecule has 0 saturated heterocycles. The zero-order valence-corrected chi connectivity index (χ0v) is 16.6. The van der Waals surface area contributed by atoms with Gasteiger partial charge >= 0.3 is 0 Å². The molecule has 0 radical (unpaired) electrons. The zero-order valence-electron chi connectivity index (χ0n) is 15.8. The molecule has 1 aromatic heterocycles. The van der Waals surface area contributed by atoms with Crippen LogP contribution >= 0.6 is 0 Å². The van der Waals surface area contributed by atoms with Gasteiger partial charge in [-0.2, -0.15) is 4.99 Å². The quantitative estimate of drug-likeness (QED) is 0.625. The van der Waals surface area contributed by atoms with Crippen molar-refractivity contribution in [3.63, 3.8) is 0 Å². The van der Waals surface area contributed by atoms with Gasteiger partial charge in [-0.15, -0.1) is 0 Å². The molecular formula is C21H19F2N3O3S. The van der Waals surface area contributed by atoms with Gasteiger partial charge in [0.25, 0.3) is 0 Å². The molecule has 1 N–H and O–H groups in total. The van der Waals surface area contributed by atoms with Crippen LogP contribution in [0.15, 0.2) is 82.8 Å². The minimum atomic E-state index is -4.07. The van der Waals surface area contributed by atoms with Gasteiger partial charge < -0.3 is 4.57 Å². The lowest BCUT2D eigenvalue weighted by Crippen LogP contribution is -2.27. The first kappa shape index (κ1) is 21.5. The summed E-state index contributed by atoms with van der Waals surface area (Å²) in [5, 5.41) is 0. The predicted octanol–water partition coefficient (Wildman–Crippen LogP) is 2.61. The third-order valence-corrected chi connectivity index (χ3v) is 5.64. The summed E-state index contributed by atoms with van der Waals surface area (Å²) in [6.45, 7) is 0.297. The molecule has 3 aromatic rings. The lowest BCUT2D eigenvalue weighted by atomic mass is 10.2. The average Bonchev–Trinajstić information content (AvgIpc) is 2.72. The maximum absolute atomic E-state index is 13.3. The van der Waals surface area contributed by atoms with Crippen LogP contribution in [0.4, 0.5) is 8.78 Å². The highest BCUT2D eigenvalue weighted by Crippen LogP contribution is 2.13. The van der Waals surface area contributed by atoms with Crippen LogP contribution in [0.1, 0.15) is 12.0 Å². The Bertz CT molecular complexity index is 1210. The largest absolute Gasteiger partial charge is 0.329 e. The molecule has 0 spiro atoms. The number of carbonyl (C=O) groups is 1. The molecule has 0 atom stereocenters. The maximum Gasteiger partial charge on any atom is 0.248 e. The topological polar surface area (TPSA) is 80.5 Å². The molecule has 3 rings (SSSR count). The maximum atomic E-state index is 13.3. The number of amides is 1. The highest BCUT2D eigenvalue weighted by atomic mass is 32.2. The molecule has 1 heterocycles. The first-order chi connectivity index (χ1) is 14.3. The number of benzene rings is 2. The molecule has 0 unspecified atom stereocenters. The number of hydrogen-bond donors (Lipinski definition) is 1. The van der Waals surface area contributed by atoms with E-state index in [1.807, 2.05) is 36.4 Å². The van der Waals surface area contributed by atoms with Crippen molar-refractivity contribution in [1.29, 1.82) is 0 Å². The fourth-order valence-electron chi connectivity index (χ4n) is 2.69. The second-order valence-corrected chi connectivity index (χ2v) is 8.17. The van der Waals surface area contributed by atoms with Crippen LogP contribution in [0.3, 0.4) is 0 Å². The number of pyridine rings is 1. The zero-order chi connectivity index (χ0) is 21.6. The fourth-order valence-corrected chi connectivity index (χ4v) is 3.73. The van der Waals surface area contributed by atoms with E-state index in [0.29, 0.717) is 18.1 Å². The van der Waals surface area contributed by atoms with Gasteiger partial charge in [0.1, 0.15) is 5.49 Å². The van der Waals surface area contributed by atoms with Crippen LogP contribution in [-0.2, 0) is 21.4 Å². The summed E-state index contributed by atoms with van der Waals surface area (Å²) in [6.07, 6.45) is 1.61. The van der Waals surface area contributed by atoms with E-state index >= 15 is 0 Å². The van der Waals surface area contributed by atoms with Crippen LogP contribution in [0, 0.1) is 11.6 Å². The lowest BCUT2D eigenvalue weighted by molar-refractivity contribution is -0.117. The standard InChI is InChI=1S/C21H19F2N3O3S/c22-18-10-9-17(14-19(18)23)30(28,29)24-12-11-21(27)25-20-8-4-5-13-26(20)15-16-6-2-1-3-7-16/h1-10,13-14,24H,11-12,15H2. The smallest absolute Gasteiger partial charge is 0.248 e. The number of aromatic nitrogens is 1. The monoisotopic (exact) mass is 431 g/mol. The lowest BCUT2D eigenvalue weighted by Gasteiger charge is -2.08. The second kappa shape index (κ2) is 9.55. The Hall–Kier alpha value is -3.17. The summed E-state index contributed by atoms with van der Waals surface area (Å²) in [5.41, 5.74) is 1.48. The normalized spacial score (nSPS) is 12.1. The van der Waals surface area contributed by atoms with Gasteiger partial charge in [0, 0.05) is 25.7 Å². The van der Waals surface area contributed by atoms with Gasteiger partial charge in [0.2, 0.25) is 15.9 Å². The number of nitrogens with zero attached hydrogens (tertiary/aromatic N) is 2. The molecule has 9 heteroatoms. The van der Waals surface area contributed by atoms with Crippen molar-refractivity contribution in [2.24, 2.45) is 4.99 Å². The molecule has 6 nitrogen and oxygen atoms in total.